The number of nitrogens with zero attached hydrogens (tertiary/aromatic N) is 2. The van der Waals surface area contributed by atoms with Crippen LogP contribution < -0.4 is 0 Å². The molecule has 0 saturated carbocycles. The van der Waals surface area contributed by atoms with Crippen molar-refractivity contribution in [3.63, 3.8) is 0 Å². The van der Waals surface area contributed by atoms with E-state index in [-0.39, 0.29) is 0 Å². The summed E-state index contributed by atoms with van der Waals surface area (Å²) < 4.78 is 11.4. The van der Waals surface area contributed by atoms with Crippen LogP contribution >= 0.6 is 0 Å². The van der Waals surface area contributed by atoms with Gasteiger partial charge in [0.05, 0.1) is 27.8 Å². The van der Waals surface area contributed by atoms with Crippen LogP contribution in [0.1, 0.15) is 0 Å². The number of fused-ring (bicyclic) bond motifs is 15. The second-order valence-electron chi connectivity index (χ2n) is 15.2. The van der Waals surface area contributed by atoms with Gasteiger partial charge in [0.25, 0.3) is 0 Å². The van der Waals surface area contributed by atoms with Gasteiger partial charge in [0.1, 0.15) is 5.58 Å². The smallest absolute Gasteiger partial charge is 0.159 e. The van der Waals surface area contributed by atoms with Gasteiger partial charge < -0.3 is 13.6 Å². The van der Waals surface area contributed by atoms with E-state index in [1.807, 2.05) is 6.07 Å². The first-order valence-electron chi connectivity index (χ1n) is 19.6. The Morgan fingerprint density at radius 1 is 0.316 bits per heavy atom. The normalized spacial score (nSPS) is 12.2. The number of benzene rings is 10. The Labute approximate surface area is 326 Å². The second-order valence-corrected chi connectivity index (χ2v) is 15.2. The number of aromatic nitrogens is 2. The summed E-state index contributed by atoms with van der Waals surface area (Å²) in [4.78, 5) is 0. The summed E-state index contributed by atoms with van der Waals surface area (Å²) in [6, 6.07) is 70.8. The molecule has 0 bridgehead atoms. The minimum absolute atomic E-state index is 0.901. The van der Waals surface area contributed by atoms with Gasteiger partial charge in [-0.25, -0.2) is 0 Å². The first kappa shape index (κ1) is 30.7. The fourth-order valence-corrected chi connectivity index (χ4v) is 9.88. The molecule has 0 fully saturated rings. The first-order valence-corrected chi connectivity index (χ1v) is 19.6. The van der Waals surface area contributed by atoms with Crippen molar-refractivity contribution in [1.82, 2.24) is 9.13 Å². The summed E-state index contributed by atoms with van der Waals surface area (Å²) >= 11 is 0. The van der Waals surface area contributed by atoms with Gasteiger partial charge in [0.2, 0.25) is 0 Å². The highest BCUT2D eigenvalue weighted by Crippen LogP contribution is 2.43. The largest absolute Gasteiger partial charge is 0.454 e. The minimum atomic E-state index is 0.901. The highest BCUT2D eigenvalue weighted by molar-refractivity contribution is 6.26. The van der Waals surface area contributed by atoms with E-state index < -0.39 is 0 Å². The van der Waals surface area contributed by atoms with Crippen LogP contribution in [-0.2, 0) is 0 Å². The van der Waals surface area contributed by atoms with Crippen molar-refractivity contribution in [3.8, 4) is 22.5 Å². The topological polar surface area (TPSA) is 23.0 Å². The van der Waals surface area contributed by atoms with Crippen molar-refractivity contribution >= 4 is 97.9 Å². The predicted octanol–water partition coefficient (Wildman–Crippen LogP) is 14.9. The lowest BCUT2D eigenvalue weighted by Crippen LogP contribution is -1.95. The highest BCUT2D eigenvalue weighted by Gasteiger charge is 2.21. The van der Waals surface area contributed by atoms with E-state index in [1.54, 1.807) is 0 Å². The molecule has 0 unspecified atom stereocenters. The third-order valence-corrected chi connectivity index (χ3v) is 12.3. The molecule has 0 amide bonds. The van der Waals surface area contributed by atoms with Crippen molar-refractivity contribution in [2.24, 2.45) is 0 Å². The zero-order valence-corrected chi connectivity index (χ0v) is 30.8. The Bertz CT molecular complexity index is 3780. The third kappa shape index (κ3) is 4.20. The molecule has 3 aromatic heterocycles. The second kappa shape index (κ2) is 11.5. The lowest BCUT2D eigenvalue weighted by molar-refractivity contribution is 0.666. The van der Waals surface area contributed by atoms with Crippen molar-refractivity contribution in [2.45, 2.75) is 0 Å². The van der Waals surface area contributed by atoms with E-state index in [9.17, 15) is 0 Å². The summed E-state index contributed by atoms with van der Waals surface area (Å²) in [7, 11) is 0. The van der Waals surface area contributed by atoms with Crippen molar-refractivity contribution < 1.29 is 4.42 Å². The Balaban J connectivity index is 1.05. The molecule has 0 spiro atoms. The van der Waals surface area contributed by atoms with Gasteiger partial charge >= 0.3 is 0 Å². The van der Waals surface area contributed by atoms with Crippen LogP contribution in [0.3, 0.4) is 0 Å². The van der Waals surface area contributed by atoms with Crippen LogP contribution in [0.2, 0.25) is 0 Å². The van der Waals surface area contributed by atoms with Crippen LogP contribution in [0.25, 0.3) is 120 Å². The molecular formula is C54H32N2O. The van der Waals surface area contributed by atoms with Crippen molar-refractivity contribution in [2.75, 3.05) is 0 Å². The molecule has 0 aliphatic heterocycles. The van der Waals surface area contributed by atoms with Gasteiger partial charge in [0, 0.05) is 38.0 Å². The average Bonchev–Trinajstić information content (AvgIpc) is 3.94. The first-order chi connectivity index (χ1) is 28.3. The van der Waals surface area contributed by atoms with E-state index in [2.05, 4.69) is 197 Å². The summed E-state index contributed by atoms with van der Waals surface area (Å²) in [5.74, 6) is 0. The lowest BCUT2D eigenvalue weighted by atomic mass is 9.94. The molecule has 3 nitrogen and oxygen atoms in total. The SMILES string of the molecule is c1ccc2c(c1)oc1c(-n3c4ccccc4c4cc(-c5cccc6c5c5ccccc5n6-c5ccc6c7ccccc7c7ccccc7c6c5)ccc43)cccc12. The van der Waals surface area contributed by atoms with Crippen LogP contribution in [-0.4, -0.2) is 9.13 Å². The minimum Gasteiger partial charge on any atom is -0.454 e. The Morgan fingerprint density at radius 3 is 1.65 bits per heavy atom. The van der Waals surface area contributed by atoms with Crippen LogP contribution in [0.5, 0.6) is 0 Å². The highest BCUT2D eigenvalue weighted by atomic mass is 16.3. The average molecular weight is 725 g/mol. The summed E-state index contributed by atoms with van der Waals surface area (Å²) in [6.45, 7) is 0. The van der Waals surface area contributed by atoms with E-state index in [4.69, 9.17) is 4.42 Å². The molecule has 10 aromatic carbocycles. The van der Waals surface area contributed by atoms with Crippen LogP contribution in [0.4, 0.5) is 0 Å². The molecule has 0 aliphatic carbocycles. The number of furan rings is 1. The van der Waals surface area contributed by atoms with Gasteiger partial charge in [0.15, 0.2) is 5.58 Å². The van der Waals surface area contributed by atoms with E-state index in [0.717, 1.165) is 44.3 Å². The lowest BCUT2D eigenvalue weighted by Gasteiger charge is -2.14. The third-order valence-electron chi connectivity index (χ3n) is 12.3. The van der Waals surface area contributed by atoms with Gasteiger partial charge in [-0.05, 0) is 98.0 Å². The molecule has 0 N–H and O–H groups in total. The number of hydrogen-bond donors (Lipinski definition) is 0. The number of hydrogen-bond acceptors (Lipinski definition) is 1. The van der Waals surface area contributed by atoms with Crippen molar-refractivity contribution in [3.05, 3.63) is 194 Å². The number of para-hydroxylation sites is 4. The van der Waals surface area contributed by atoms with Gasteiger partial charge in [-0.2, -0.15) is 0 Å². The maximum absolute atomic E-state index is 6.57. The number of rotatable bonds is 3. The summed E-state index contributed by atoms with van der Waals surface area (Å²) in [6.07, 6.45) is 0. The Kier molecular flexibility index (Phi) is 6.16. The maximum atomic E-state index is 6.57. The molecular weight excluding hydrogens is 693 g/mol. The molecule has 3 heterocycles. The van der Waals surface area contributed by atoms with Crippen molar-refractivity contribution in [1.29, 1.82) is 0 Å². The van der Waals surface area contributed by atoms with Gasteiger partial charge in [-0.1, -0.05) is 140 Å². The van der Waals surface area contributed by atoms with E-state index in [1.165, 1.54) is 76.0 Å². The molecule has 0 radical (unpaired) electrons. The molecule has 57 heavy (non-hydrogen) atoms. The summed E-state index contributed by atoms with van der Waals surface area (Å²) in [5, 5.41) is 14.9. The zero-order valence-electron chi connectivity index (χ0n) is 30.8. The fourth-order valence-electron chi connectivity index (χ4n) is 9.88. The molecule has 0 atom stereocenters. The predicted molar refractivity (Wildman–Crippen MR) is 240 cm³/mol. The summed E-state index contributed by atoms with van der Waals surface area (Å²) in [5.41, 5.74) is 11.1. The molecule has 0 saturated heterocycles. The van der Waals surface area contributed by atoms with Crippen LogP contribution in [0.15, 0.2) is 199 Å². The van der Waals surface area contributed by atoms with E-state index in [0.29, 0.717) is 0 Å². The van der Waals surface area contributed by atoms with E-state index >= 15 is 0 Å². The molecule has 13 rings (SSSR count). The Morgan fingerprint density at radius 2 is 0.877 bits per heavy atom. The Hall–Kier alpha value is -7.62. The fraction of sp³-hybridized carbons (Fsp3) is 0. The quantitative estimate of drug-likeness (QED) is 0.166. The monoisotopic (exact) mass is 724 g/mol. The molecule has 13 aromatic rings. The van der Waals surface area contributed by atoms with Crippen LogP contribution in [0, 0.1) is 0 Å². The standard InChI is InChI=1S/C54H32N2O/c1-2-15-38-36(13-1)37-14-3-4-16-39(37)45-32-34(28-29-40(38)45)55-48-23-9-6-19-44(48)53-35(20-11-24-50(53)55)33-27-30-49-46(31-33)41-17-5-8-22-47(41)56(49)51-25-12-21-43-42-18-7-10-26-52(42)57-54(43)51/h1-32H. The molecule has 0 aliphatic rings. The zero-order chi connectivity index (χ0) is 37.2. The maximum Gasteiger partial charge on any atom is 0.159 e. The molecule has 3 heteroatoms. The van der Waals surface area contributed by atoms with Gasteiger partial charge in [-0.15, -0.1) is 0 Å². The van der Waals surface area contributed by atoms with Gasteiger partial charge in [-0.3, -0.25) is 0 Å². The molecule has 264 valence electrons.